The zero-order chi connectivity index (χ0) is 61.6. The van der Waals surface area contributed by atoms with Crippen LogP contribution >= 0.6 is 0 Å². The van der Waals surface area contributed by atoms with Gasteiger partial charge in [-0.1, -0.05) is 157 Å². The minimum absolute atomic E-state index is 0.320. The summed E-state index contributed by atoms with van der Waals surface area (Å²) in [5.41, 5.74) is 15.1. The van der Waals surface area contributed by atoms with E-state index in [1.165, 1.54) is 149 Å². The number of nitrogens with one attached hydrogen (secondary N) is 2. The molecule has 0 spiro atoms. The van der Waals surface area contributed by atoms with Crippen molar-refractivity contribution in [3.05, 3.63) is 81.9 Å². The van der Waals surface area contributed by atoms with Gasteiger partial charge >= 0.3 is 0 Å². The molecule has 2 N–H and O–H groups in total. The van der Waals surface area contributed by atoms with Crippen molar-refractivity contribution in [2.75, 3.05) is 52.9 Å². The van der Waals surface area contributed by atoms with E-state index in [4.69, 9.17) is 53.6 Å². The number of ether oxygens (including phenoxy) is 5. The van der Waals surface area contributed by atoms with Crippen LogP contribution < -0.4 is 9.47 Å². The van der Waals surface area contributed by atoms with Gasteiger partial charge in [0.2, 0.25) is 0 Å². The van der Waals surface area contributed by atoms with Gasteiger partial charge in [0.15, 0.2) is 34.8 Å². The number of unbranched alkanes of at least 4 members (excludes halogenated alkanes) is 18. The average molecular weight is 1210 g/mol. The lowest BCUT2D eigenvalue weighted by molar-refractivity contribution is 0.00708. The Kier molecular flexibility index (Phi) is 25.3. The number of aryl methyl sites for hydroxylation is 6. The molecule has 7 aromatic rings. The highest BCUT2D eigenvalue weighted by atomic mass is 16.6. The van der Waals surface area contributed by atoms with Gasteiger partial charge in [-0.3, -0.25) is 0 Å². The third kappa shape index (κ3) is 17.2. The van der Waals surface area contributed by atoms with Crippen LogP contribution in [0.1, 0.15) is 229 Å². The van der Waals surface area contributed by atoms with Crippen molar-refractivity contribution in [1.82, 2.24) is 39.9 Å². The van der Waals surface area contributed by atoms with Crippen molar-refractivity contribution in [3.63, 3.8) is 0 Å². The lowest BCUT2D eigenvalue weighted by Crippen LogP contribution is -2.13. The highest BCUT2D eigenvalue weighted by Gasteiger charge is 2.27. The Morgan fingerprint density at radius 1 is 0.270 bits per heavy atom. The summed E-state index contributed by atoms with van der Waals surface area (Å²) in [6, 6.07) is 18.6. The SMILES string of the molecule is CCCCCCc1cc2c(cc1CCCCCC)-c1nc-2nc2[nH]c(nc3nc(nc4[nH]c(n1)c1cc5c(cc41)OCCOCCOCCOCCO5)-c1cc(CCCCCC)c(CCCCCC)cc1-3)c1cc(CCCCCC)c(CCCCCC)cc21. The van der Waals surface area contributed by atoms with Crippen LogP contribution in [0.5, 0.6) is 11.5 Å². The maximum atomic E-state index is 6.59. The summed E-state index contributed by atoms with van der Waals surface area (Å²) in [5, 5.41) is 3.77. The summed E-state index contributed by atoms with van der Waals surface area (Å²) in [6.45, 7) is 17.1. The molecule has 6 heterocycles. The highest BCUT2D eigenvalue weighted by Crippen LogP contribution is 2.43. The maximum Gasteiger partial charge on any atom is 0.164 e. The number of nitrogens with zero attached hydrogens (tertiary/aromatic N) is 6. The number of H-pyrrole nitrogens is 2. The lowest BCUT2D eigenvalue weighted by Gasteiger charge is -2.13. The van der Waals surface area contributed by atoms with Crippen LogP contribution in [-0.4, -0.2) is 92.7 Å². The molecule has 478 valence electrons. The van der Waals surface area contributed by atoms with Crippen LogP contribution in [0.15, 0.2) is 48.5 Å². The molecule has 4 aromatic carbocycles. The monoisotopic (exact) mass is 1210 g/mol. The molecule has 0 amide bonds. The summed E-state index contributed by atoms with van der Waals surface area (Å²) in [7, 11) is 0. The van der Waals surface area contributed by atoms with E-state index in [9.17, 15) is 0 Å². The van der Waals surface area contributed by atoms with Crippen LogP contribution in [0.25, 0.3) is 89.7 Å². The maximum absolute atomic E-state index is 6.59. The molecule has 0 unspecified atom stereocenters. The van der Waals surface area contributed by atoms with Gasteiger partial charge in [0.1, 0.15) is 35.8 Å². The number of fused-ring (bicyclic) bond motifs is 21. The molecule has 13 nitrogen and oxygen atoms in total. The molecular formula is C76H104N8O5. The Morgan fingerprint density at radius 2 is 0.506 bits per heavy atom. The van der Waals surface area contributed by atoms with E-state index in [-0.39, 0.29) is 0 Å². The lowest BCUT2D eigenvalue weighted by atomic mass is 9.92. The number of aromatic nitrogens is 8. The molecule has 3 aliphatic rings. The number of rotatable bonds is 30. The molecule has 10 rings (SSSR count). The van der Waals surface area contributed by atoms with E-state index in [0.717, 1.165) is 132 Å². The van der Waals surface area contributed by atoms with E-state index in [1.54, 1.807) is 0 Å². The first-order valence-corrected chi connectivity index (χ1v) is 35.4. The predicted molar refractivity (Wildman–Crippen MR) is 367 cm³/mol. The van der Waals surface area contributed by atoms with E-state index in [0.29, 0.717) is 98.9 Å². The highest BCUT2D eigenvalue weighted by molar-refractivity contribution is 6.07. The van der Waals surface area contributed by atoms with E-state index >= 15 is 0 Å². The van der Waals surface area contributed by atoms with Gasteiger partial charge in [-0.25, -0.2) is 29.9 Å². The van der Waals surface area contributed by atoms with Crippen LogP contribution in [0.4, 0.5) is 0 Å². The fraction of sp³-hybridized carbons (Fsp3) is 0.579. The smallest absolute Gasteiger partial charge is 0.164 e. The Labute approximate surface area is 531 Å². The largest absolute Gasteiger partial charge is 0.487 e. The fourth-order valence-corrected chi connectivity index (χ4v) is 13.2. The van der Waals surface area contributed by atoms with Gasteiger partial charge in [0, 0.05) is 43.8 Å². The molecular weight excluding hydrogens is 1100 g/mol. The Bertz CT molecular complexity index is 3360. The van der Waals surface area contributed by atoms with E-state index < -0.39 is 0 Å². The molecule has 89 heavy (non-hydrogen) atoms. The van der Waals surface area contributed by atoms with Crippen molar-refractivity contribution in [2.45, 2.75) is 234 Å². The summed E-state index contributed by atoms with van der Waals surface area (Å²) >= 11 is 0. The molecule has 8 bridgehead atoms. The molecule has 0 saturated heterocycles. The molecule has 0 fully saturated rings. The summed E-state index contributed by atoms with van der Waals surface area (Å²) in [6.07, 6.45) is 34.9. The van der Waals surface area contributed by atoms with Gasteiger partial charge < -0.3 is 33.7 Å². The second-order valence-corrected chi connectivity index (χ2v) is 25.4. The van der Waals surface area contributed by atoms with Crippen LogP contribution in [0.2, 0.25) is 0 Å². The Balaban J connectivity index is 1.28. The summed E-state index contributed by atoms with van der Waals surface area (Å²) < 4.78 is 30.8. The van der Waals surface area contributed by atoms with Crippen LogP contribution in [0, 0.1) is 0 Å². The second kappa shape index (κ2) is 34.2. The molecule has 0 atom stereocenters. The summed E-state index contributed by atoms with van der Waals surface area (Å²) in [4.78, 5) is 41.5. The third-order valence-electron chi connectivity index (χ3n) is 18.4. The number of aromatic amines is 2. The Hall–Kier alpha value is -6.28. The quantitative estimate of drug-likeness (QED) is 0.0413. The van der Waals surface area contributed by atoms with Crippen molar-refractivity contribution in [3.8, 4) is 57.1 Å². The predicted octanol–water partition coefficient (Wildman–Crippen LogP) is 19.4. The fourth-order valence-electron chi connectivity index (χ4n) is 13.2. The van der Waals surface area contributed by atoms with Gasteiger partial charge in [0.25, 0.3) is 0 Å². The second-order valence-electron chi connectivity index (χ2n) is 25.4. The average Bonchev–Trinajstić information content (AvgIpc) is 1.66. The van der Waals surface area contributed by atoms with Gasteiger partial charge in [0.05, 0.1) is 39.6 Å². The Morgan fingerprint density at radius 3 is 0.764 bits per heavy atom. The topological polar surface area (TPSA) is 155 Å². The molecule has 0 saturated carbocycles. The first-order valence-electron chi connectivity index (χ1n) is 35.4. The van der Waals surface area contributed by atoms with Crippen molar-refractivity contribution < 1.29 is 23.7 Å². The molecule has 3 aliphatic heterocycles. The normalized spacial score (nSPS) is 13.9. The zero-order valence-electron chi connectivity index (χ0n) is 55.2. The molecule has 13 heteroatoms. The van der Waals surface area contributed by atoms with Gasteiger partial charge in [-0.2, -0.15) is 0 Å². The minimum atomic E-state index is 0.320. The molecule has 0 radical (unpaired) electrons. The third-order valence-corrected chi connectivity index (χ3v) is 18.4. The van der Waals surface area contributed by atoms with Crippen molar-refractivity contribution in [2.24, 2.45) is 0 Å². The summed E-state index contributed by atoms with van der Waals surface area (Å²) in [5.74, 6) is 3.68. The van der Waals surface area contributed by atoms with Crippen LogP contribution in [-0.2, 0) is 52.7 Å². The minimum Gasteiger partial charge on any atom is -0.487 e. The van der Waals surface area contributed by atoms with Gasteiger partial charge in [-0.15, -0.1) is 0 Å². The van der Waals surface area contributed by atoms with Crippen LogP contribution in [0.3, 0.4) is 0 Å². The molecule has 0 aliphatic carbocycles. The first kappa shape index (κ1) is 65.7. The zero-order valence-corrected chi connectivity index (χ0v) is 55.2. The first-order chi connectivity index (χ1) is 43.9. The van der Waals surface area contributed by atoms with Crippen molar-refractivity contribution in [1.29, 1.82) is 0 Å². The standard InChI is InChI=1S/C76H104N8O5/c1-7-13-19-25-31-53-45-59-60(46-54(53)32-26-20-14-8-2)70-77-69(59)78-71-61-47-55(33-27-21-15-9-3)57(35-29-23-17-11-5)49-63(61)73(80-71)82-75-65-51-67-68(89-44-42-87-40-38-85-37-39-86-41-43-88-67)52-66(65)76(84-75)83-74-64-50-58(36-30-24-18-12-6)56(34-28-22-16-10-4)48-62(64)72(79-70)81-74/h45-52H,7-44H2,1-6H3,(H2,77,78,79,80,81,82,83,84). The number of hydrogen-bond donors (Lipinski definition) is 2. The number of hydrogen-bond acceptors (Lipinski definition) is 11. The van der Waals surface area contributed by atoms with E-state index in [2.05, 4.69) is 87.9 Å². The number of benzene rings is 4. The van der Waals surface area contributed by atoms with Crippen molar-refractivity contribution >= 4 is 44.1 Å². The van der Waals surface area contributed by atoms with Gasteiger partial charge in [-0.05, 0) is 159 Å². The van der Waals surface area contributed by atoms with E-state index in [1.807, 2.05) is 12.1 Å². The molecule has 3 aromatic heterocycles.